The van der Waals surface area contributed by atoms with Gasteiger partial charge in [-0.25, -0.2) is 9.37 Å². The highest BCUT2D eigenvalue weighted by Crippen LogP contribution is 2.37. The first-order chi connectivity index (χ1) is 13.1. The van der Waals surface area contributed by atoms with E-state index < -0.39 is 0 Å². The lowest BCUT2D eigenvalue weighted by molar-refractivity contribution is 0.0758. The van der Waals surface area contributed by atoms with Crippen molar-refractivity contribution in [1.82, 2.24) is 19.8 Å². The first-order valence-electron chi connectivity index (χ1n) is 9.46. The molecule has 27 heavy (non-hydrogen) atoms. The fraction of sp³-hybridized carbons (Fsp3) is 0.450. The highest BCUT2D eigenvalue weighted by molar-refractivity contribution is 5.93. The number of benzene rings is 1. The van der Waals surface area contributed by atoms with E-state index in [0.29, 0.717) is 43.5 Å². The topological polar surface area (TPSA) is 69.3 Å². The summed E-state index contributed by atoms with van der Waals surface area (Å²) in [6, 6.07) is 6.77. The van der Waals surface area contributed by atoms with E-state index in [1.807, 2.05) is 6.07 Å². The minimum absolute atomic E-state index is 0.0990. The lowest BCUT2D eigenvalue weighted by atomic mass is 10.2. The minimum Gasteiger partial charge on any atom is -0.337 e. The summed E-state index contributed by atoms with van der Waals surface area (Å²) in [4.78, 5) is 35.9. The molecule has 0 spiro atoms. The zero-order valence-corrected chi connectivity index (χ0v) is 15.2. The first-order valence-corrected chi connectivity index (χ1v) is 9.46. The number of H-pyrrole nitrogens is 1. The van der Waals surface area contributed by atoms with Gasteiger partial charge in [0, 0.05) is 50.4 Å². The van der Waals surface area contributed by atoms with Crippen LogP contribution in [-0.4, -0.2) is 51.9 Å². The van der Waals surface area contributed by atoms with Crippen LogP contribution in [0.2, 0.25) is 0 Å². The summed E-state index contributed by atoms with van der Waals surface area (Å²) in [5.74, 6) is 0.539. The Morgan fingerprint density at radius 2 is 2.00 bits per heavy atom. The molecule has 2 fully saturated rings. The number of hydrogen-bond acceptors (Lipinski definition) is 4. The molecule has 0 unspecified atom stereocenters. The first kappa shape index (κ1) is 17.9. The number of nitrogens with one attached hydrogen (secondary N) is 1. The van der Waals surface area contributed by atoms with Gasteiger partial charge < -0.3 is 9.88 Å². The summed E-state index contributed by atoms with van der Waals surface area (Å²) in [6.07, 6.45) is 4.28. The molecule has 2 aliphatic rings. The summed E-state index contributed by atoms with van der Waals surface area (Å²) < 4.78 is 13.9. The third-order valence-corrected chi connectivity index (χ3v) is 5.24. The molecule has 2 aromatic rings. The van der Waals surface area contributed by atoms with Crippen LogP contribution < -0.4 is 5.56 Å². The van der Waals surface area contributed by atoms with Gasteiger partial charge in [0.2, 0.25) is 0 Å². The molecule has 1 amide bonds. The molecule has 7 heteroatoms. The molecule has 0 radical (unpaired) electrons. The number of amides is 1. The van der Waals surface area contributed by atoms with Crippen LogP contribution in [0.1, 0.15) is 46.9 Å². The van der Waals surface area contributed by atoms with Crippen LogP contribution in [-0.2, 0) is 6.54 Å². The van der Waals surface area contributed by atoms with E-state index in [9.17, 15) is 14.0 Å². The number of aromatic amines is 1. The summed E-state index contributed by atoms with van der Waals surface area (Å²) in [5.41, 5.74) is 0.403. The molecule has 1 aromatic heterocycles. The molecule has 1 N–H and O–H groups in total. The number of aromatic nitrogens is 2. The largest absolute Gasteiger partial charge is 0.337 e. The molecule has 1 saturated heterocycles. The molecule has 2 heterocycles. The molecule has 1 aliphatic heterocycles. The van der Waals surface area contributed by atoms with Crippen molar-refractivity contribution in [1.29, 1.82) is 0 Å². The van der Waals surface area contributed by atoms with Crippen LogP contribution in [0.5, 0.6) is 0 Å². The second-order valence-electron chi connectivity index (χ2n) is 7.30. The van der Waals surface area contributed by atoms with Crippen molar-refractivity contribution in [3.63, 3.8) is 0 Å². The average molecular weight is 370 g/mol. The van der Waals surface area contributed by atoms with Crippen LogP contribution in [0.25, 0.3) is 0 Å². The smallest absolute Gasteiger partial charge is 0.263 e. The van der Waals surface area contributed by atoms with Crippen LogP contribution in [0.4, 0.5) is 4.39 Å². The van der Waals surface area contributed by atoms with Gasteiger partial charge in [0.05, 0.1) is 0 Å². The molecule has 0 bridgehead atoms. The predicted molar refractivity (Wildman–Crippen MR) is 99.0 cm³/mol. The highest BCUT2D eigenvalue weighted by Gasteiger charge is 2.28. The molecular formula is C20H23FN4O2. The van der Waals surface area contributed by atoms with Crippen molar-refractivity contribution in [2.75, 3.05) is 26.2 Å². The molecule has 0 atom stereocenters. The van der Waals surface area contributed by atoms with Gasteiger partial charge >= 0.3 is 0 Å². The zero-order chi connectivity index (χ0) is 18.8. The average Bonchev–Trinajstić information content (AvgIpc) is 3.51. The van der Waals surface area contributed by atoms with Crippen molar-refractivity contribution >= 4 is 5.91 Å². The van der Waals surface area contributed by atoms with E-state index in [1.54, 1.807) is 17.0 Å². The SMILES string of the molecule is O=C(c1cnc(C2CC2)[nH]c1=O)N1CCCN(Cc2ccccc2F)CC1. The van der Waals surface area contributed by atoms with E-state index in [1.165, 1.54) is 12.3 Å². The lowest BCUT2D eigenvalue weighted by Crippen LogP contribution is -2.38. The molecule has 6 nitrogen and oxygen atoms in total. The van der Waals surface area contributed by atoms with Gasteiger partial charge in [-0.15, -0.1) is 0 Å². The summed E-state index contributed by atoms with van der Waals surface area (Å²) in [7, 11) is 0. The lowest BCUT2D eigenvalue weighted by Gasteiger charge is -2.22. The Kier molecular flexibility index (Phi) is 5.03. The molecule has 142 valence electrons. The van der Waals surface area contributed by atoms with Gasteiger partial charge in [0.15, 0.2) is 0 Å². The van der Waals surface area contributed by atoms with Gasteiger partial charge in [-0.1, -0.05) is 18.2 Å². The van der Waals surface area contributed by atoms with Crippen LogP contribution in [0.15, 0.2) is 35.3 Å². The van der Waals surface area contributed by atoms with E-state index >= 15 is 0 Å². The van der Waals surface area contributed by atoms with E-state index in [2.05, 4.69) is 14.9 Å². The Balaban J connectivity index is 1.41. The van der Waals surface area contributed by atoms with Gasteiger partial charge in [-0.3, -0.25) is 14.5 Å². The van der Waals surface area contributed by atoms with Gasteiger partial charge in [0.1, 0.15) is 17.2 Å². The Labute approximate surface area is 157 Å². The third kappa shape index (κ3) is 4.08. The minimum atomic E-state index is -0.357. The molecule has 1 aromatic carbocycles. The maximum absolute atomic E-state index is 13.9. The summed E-state index contributed by atoms with van der Waals surface area (Å²) in [5, 5.41) is 0. The Morgan fingerprint density at radius 3 is 2.74 bits per heavy atom. The Morgan fingerprint density at radius 1 is 1.19 bits per heavy atom. The fourth-order valence-electron chi connectivity index (χ4n) is 3.50. The van der Waals surface area contributed by atoms with Gasteiger partial charge in [0.25, 0.3) is 11.5 Å². The monoisotopic (exact) mass is 370 g/mol. The number of rotatable bonds is 4. The number of hydrogen-bond donors (Lipinski definition) is 1. The second-order valence-corrected chi connectivity index (χ2v) is 7.30. The zero-order valence-electron chi connectivity index (χ0n) is 15.2. The second kappa shape index (κ2) is 7.60. The maximum atomic E-state index is 13.9. The standard InChI is InChI=1S/C20H23FN4O2/c21-17-5-2-1-4-15(17)13-24-8-3-9-25(11-10-24)20(27)16-12-22-18(14-6-7-14)23-19(16)26/h1-2,4-5,12,14H,3,6-11,13H2,(H,22,23,26). The van der Waals surface area contributed by atoms with E-state index in [4.69, 9.17) is 0 Å². The van der Waals surface area contributed by atoms with Gasteiger partial charge in [-0.2, -0.15) is 0 Å². The summed E-state index contributed by atoms with van der Waals surface area (Å²) >= 11 is 0. The van der Waals surface area contributed by atoms with E-state index in [0.717, 1.165) is 25.8 Å². The van der Waals surface area contributed by atoms with Crippen molar-refractivity contribution in [3.8, 4) is 0 Å². The van der Waals surface area contributed by atoms with Crippen molar-refractivity contribution in [3.05, 3.63) is 63.6 Å². The number of halogens is 1. The van der Waals surface area contributed by atoms with Crippen LogP contribution in [0, 0.1) is 5.82 Å². The molecule has 1 saturated carbocycles. The molecule has 4 rings (SSSR count). The highest BCUT2D eigenvalue weighted by atomic mass is 19.1. The molecule has 1 aliphatic carbocycles. The maximum Gasteiger partial charge on any atom is 0.263 e. The van der Waals surface area contributed by atoms with Crippen molar-refractivity contribution in [2.24, 2.45) is 0 Å². The normalized spacial score (nSPS) is 18.3. The Hall–Kier alpha value is -2.54. The third-order valence-electron chi connectivity index (χ3n) is 5.24. The molecular weight excluding hydrogens is 347 g/mol. The Bertz CT molecular complexity index is 894. The predicted octanol–water partition coefficient (Wildman–Crippen LogP) is 2.13. The van der Waals surface area contributed by atoms with Crippen LogP contribution >= 0.6 is 0 Å². The van der Waals surface area contributed by atoms with Crippen molar-refractivity contribution < 1.29 is 9.18 Å². The summed E-state index contributed by atoms with van der Waals surface area (Å²) in [6.45, 7) is 3.04. The quantitative estimate of drug-likeness (QED) is 0.895. The number of nitrogens with zero attached hydrogens (tertiary/aromatic N) is 3. The number of carbonyl (C=O) groups excluding carboxylic acids is 1. The fourth-order valence-corrected chi connectivity index (χ4v) is 3.50. The van der Waals surface area contributed by atoms with Gasteiger partial charge in [-0.05, 0) is 25.3 Å². The van der Waals surface area contributed by atoms with Crippen LogP contribution in [0.3, 0.4) is 0 Å². The van der Waals surface area contributed by atoms with E-state index in [-0.39, 0.29) is 22.8 Å². The number of carbonyl (C=O) groups is 1. The van der Waals surface area contributed by atoms with Crippen molar-refractivity contribution in [2.45, 2.75) is 31.7 Å².